The van der Waals surface area contributed by atoms with E-state index in [4.69, 9.17) is 4.98 Å². The Kier molecular flexibility index (Phi) is 7.33. The average Bonchev–Trinajstić information content (AvgIpc) is 3.60. The molecule has 0 atom stereocenters. The van der Waals surface area contributed by atoms with Crippen LogP contribution in [-0.2, 0) is 51.6 Å². The van der Waals surface area contributed by atoms with Crippen LogP contribution in [0, 0.1) is 0 Å². The van der Waals surface area contributed by atoms with Gasteiger partial charge in [0.1, 0.15) is 0 Å². The van der Waals surface area contributed by atoms with E-state index in [1.807, 2.05) is 12.4 Å². The zero-order valence-corrected chi connectivity index (χ0v) is 23.7. The van der Waals surface area contributed by atoms with Crippen LogP contribution in [-0.4, -0.2) is 57.1 Å². The van der Waals surface area contributed by atoms with E-state index in [2.05, 4.69) is 91.4 Å². The van der Waals surface area contributed by atoms with E-state index in [9.17, 15) is 0 Å². The second kappa shape index (κ2) is 11.5. The topological polar surface area (TPSA) is 90.9 Å². The number of hydrogen-bond acceptors (Lipinski definition) is 8. The van der Waals surface area contributed by atoms with Crippen LogP contribution in [0.25, 0.3) is 0 Å². The van der Waals surface area contributed by atoms with Gasteiger partial charge in [0.2, 0.25) is 11.9 Å². The Morgan fingerprint density at radius 3 is 1.76 bits per heavy atom. The average molecular weight is 547 g/mol. The van der Waals surface area contributed by atoms with Gasteiger partial charge in [-0.1, -0.05) is 48.5 Å². The van der Waals surface area contributed by atoms with E-state index in [-0.39, 0.29) is 0 Å². The zero-order valence-electron chi connectivity index (χ0n) is 23.7. The first-order valence-corrected chi connectivity index (χ1v) is 14.9. The molecule has 0 saturated heterocycles. The van der Waals surface area contributed by atoms with Gasteiger partial charge in [-0.15, -0.1) is 0 Å². The van der Waals surface area contributed by atoms with Gasteiger partial charge >= 0.3 is 0 Å². The number of aromatic nitrogens is 4. The van der Waals surface area contributed by atoms with Crippen molar-refractivity contribution < 1.29 is 0 Å². The van der Waals surface area contributed by atoms with Crippen LogP contribution in [0.5, 0.6) is 0 Å². The highest BCUT2D eigenvalue weighted by Crippen LogP contribution is 2.25. The summed E-state index contributed by atoms with van der Waals surface area (Å²) in [4.78, 5) is 20.7. The van der Waals surface area contributed by atoms with Crippen molar-refractivity contribution in [3.8, 4) is 0 Å². The summed E-state index contributed by atoms with van der Waals surface area (Å²) in [5.74, 6) is 1.57. The number of benzene rings is 2. The predicted octanol–water partition coefficient (Wildman–Crippen LogP) is 3.75. The lowest BCUT2D eigenvalue weighted by molar-refractivity contribution is 0.309. The van der Waals surface area contributed by atoms with Gasteiger partial charge in [-0.25, -0.2) is 19.9 Å². The first kappa shape index (κ1) is 26.0. The molecule has 2 aromatic heterocycles. The fraction of sp³-hybridized carbons (Fsp3) is 0.394. The summed E-state index contributed by atoms with van der Waals surface area (Å²) in [6.07, 6.45) is 10.2. The predicted molar refractivity (Wildman–Crippen MR) is 162 cm³/mol. The summed E-state index contributed by atoms with van der Waals surface area (Å²) >= 11 is 0. The second-order valence-electron chi connectivity index (χ2n) is 11.8. The summed E-state index contributed by atoms with van der Waals surface area (Å²) in [6.45, 7) is 3.95. The summed E-state index contributed by atoms with van der Waals surface area (Å²) < 4.78 is 0. The molecule has 0 radical (unpaired) electrons. The number of nitrogens with one attached hydrogen (secondary N) is 3. The molecule has 2 aromatic carbocycles. The zero-order chi connectivity index (χ0) is 27.6. The molecule has 41 heavy (non-hydrogen) atoms. The van der Waals surface area contributed by atoms with Gasteiger partial charge in [0.25, 0.3) is 0 Å². The minimum absolute atomic E-state index is 0.423. The van der Waals surface area contributed by atoms with Gasteiger partial charge in [0, 0.05) is 74.6 Å². The smallest absolute Gasteiger partial charge is 0.223 e. The minimum atomic E-state index is 0.423. The Balaban J connectivity index is 0.000000135. The van der Waals surface area contributed by atoms with Crippen molar-refractivity contribution in [2.75, 3.05) is 30.8 Å². The molecule has 4 heterocycles. The number of anilines is 2. The van der Waals surface area contributed by atoms with E-state index >= 15 is 0 Å². The maximum absolute atomic E-state index is 4.73. The van der Waals surface area contributed by atoms with E-state index in [1.54, 1.807) is 0 Å². The molecule has 8 heteroatoms. The van der Waals surface area contributed by atoms with Crippen molar-refractivity contribution in [3.05, 3.63) is 106 Å². The summed E-state index contributed by atoms with van der Waals surface area (Å²) in [5.41, 5.74) is 10.7. The van der Waals surface area contributed by atoms with Crippen molar-refractivity contribution in [2.45, 2.75) is 63.7 Å². The van der Waals surface area contributed by atoms with Gasteiger partial charge in [0.15, 0.2) is 0 Å². The Hall–Kier alpha value is -3.88. The minimum Gasteiger partial charge on any atom is -0.351 e. The molecular weight excluding hydrogens is 508 g/mol. The number of fused-ring (bicyclic) bond motifs is 4. The highest BCUT2D eigenvalue weighted by Gasteiger charge is 2.23. The lowest BCUT2D eigenvalue weighted by Crippen LogP contribution is -2.28. The third kappa shape index (κ3) is 5.94. The summed E-state index contributed by atoms with van der Waals surface area (Å²) in [5, 5.41) is 10.4. The molecule has 8 nitrogen and oxygen atoms in total. The largest absolute Gasteiger partial charge is 0.351 e. The maximum atomic E-state index is 4.73. The molecule has 4 aliphatic rings. The van der Waals surface area contributed by atoms with Gasteiger partial charge in [-0.2, -0.15) is 0 Å². The molecule has 0 bridgehead atoms. The summed E-state index contributed by atoms with van der Waals surface area (Å²) in [6, 6.07) is 18.2. The number of nitrogens with zero attached hydrogens (tertiary/aromatic N) is 5. The highest BCUT2D eigenvalue weighted by molar-refractivity contribution is 5.40. The lowest BCUT2D eigenvalue weighted by Gasteiger charge is -2.24. The third-order valence-corrected chi connectivity index (χ3v) is 8.70. The first-order valence-electron chi connectivity index (χ1n) is 14.9. The fourth-order valence-corrected chi connectivity index (χ4v) is 6.52. The molecule has 4 aromatic rings. The normalized spacial score (nSPS) is 18.0. The summed E-state index contributed by atoms with van der Waals surface area (Å²) in [7, 11) is 2.14. The molecule has 8 rings (SSSR count). The van der Waals surface area contributed by atoms with Crippen LogP contribution in [0.2, 0.25) is 0 Å². The number of rotatable bonds is 4. The van der Waals surface area contributed by atoms with E-state index in [0.29, 0.717) is 12.1 Å². The van der Waals surface area contributed by atoms with Crippen LogP contribution < -0.4 is 16.0 Å². The van der Waals surface area contributed by atoms with E-state index in [1.165, 1.54) is 44.8 Å². The van der Waals surface area contributed by atoms with Crippen LogP contribution in [0.1, 0.15) is 44.8 Å². The number of hydrogen-bond donors (Lipinski definition) is 3. The highest BCUT2D eigenvalue weighted by atomic mass is 15.1. The van der Waals surface area contributed by atoms with Crippen LogP contribution in [0.15, 0.2) is 60.9 Å². The molecule has 3 N–H and O–H groups in total. The van der Waals surface area contributed by atoms with E-state index in [0.717, 1.165) is 76.6 Å². The molecule has 0 unspecified atom stereocenters. The molecule has 210 valence electrons. The fourth-order valence-electron chi connectivity index (χ4n) is 6.52. The molecule has 2 aliphatic heterocycles. The van der Waals surface area contributed by atoms with Crippen molar-refractivity contribution in [2.24, 2.45) is 0 Å². The van der Waals surface area contributed by atoms with E-state index < -0.39 is 0 Å². The monoisotopic (exact) mass is 546 g/mol. The van der Waals surface area contributed by atoms with Crippen molar-refractivity contribution >= 4 is 11.9 Å². The van der Waals surface area contributed by atoms with Gasteiger partial charge < -0.3 is 20.9 Å². The Labute approximate surface area is 242 Å². The van der Waals surface area contributed by atoms with Gasteiger partial charge in [0.05, 0.1) is 11.4 Å². The van der Waals surface area contributed by atoms with Crippen molar-refractivity contribution in [3.63, 3.8) is 0 Å². The van der Waals surface area contributed by atoms with Crippen LogP contribution in [0.3, 0.4) is 0 Å². The van der Waals surface area contributed by atoms with Crippen molar-refractivity contribution in [1.82, 2.24) is 30.2 Å². The second-order valence-corrected chi connectivity index (χ2v) is 11.8. The quantitative estimate of drug-likeness (QED) is 0.357. The SMILES string of the molecule is CN1CCc2nc(NC3Cc4ccccc4C3)ncc2C1.c1ccc2c(c1)CC(Nc1ncc3c(n1)CCNC3)C2. The molecule has 0 spiro atoms. The Bertz CT molecular complexity index is 1490. The molecule has 0 saturated carbocycles. The first-order chi connectivity index (χ1) is 20.2. The Morgan fingerprint density at radius 2 is 1.20 bits per heavy atom. The van der Waals surface area contributed by atoms with Gasteiger partial charge in [-0.3, -0.25) is 0 Å². The molecular formula is C33H38N8. The Morgan fingerprint density at radius 1 is 0.683 bits per heavy atom. The van der Waals surface area contributed by atoms with Gasteiger partial charge in [-0.05, 0) is 55.0 Å². The third-order valence-electron chi connectivity index (χ3n) is 8.70. The maximum Gasteiger partial charge on any atom is 0.223 e. The van der Waals surface area contributed by atoms with Crippen LogP contribution in [0.4, 0.5) is 11.9 Å². The number of likely N-dealkylation sites (N-methyl/N-ethyl adjacent to an activating group) is 1. The lowest BCUT2D eigenvalue weighted by atomic mass is 10.1. The molecule has 0 amide bonds. The molecule has 0 fully saturated rings. The van der Waals surface area contributed by atoms with Crippen molar-refractivity contribution in [1.29, 1.82) is 0 Å². The standard InChI is InChI=1S/C17H20N4.C16H18N4/c1-21-7-6-16-14(11-21)10-18-17(20-16)19-15-8-12-4-2-3-5-13(12)9-15;1-2-4-12-8-14(7-11(12)3-1)19-16-18-10-13-9-17-6-5-15(13)20-16/h2-5,10,15H,6-9,11H2,1H3,(H,18,19,20);1-4,10,14,17H,5-9H2,(H,18,19,20). The van der Waals surface area contributed by atoms with Crippen LogP contribution >= 0.6 is 0 Å². The molecule has 2 aliphatic carbocycles.